The van der Waals surface area contributed by atoms with Crippen LogP contribution in [0.15, 0.2) is 24.3 Å². The minimum absolute atomic E-state index is 0.217. The molecule has 3 nitrogen and oxygen atoms in total. The van der Waals surface area contributed by atoms with Crippen LogP contribution in [0, 0.1) is 5.92 Å². The van der Waals surface area contributed by atoms with Crippen LogP contribution in [0.2, 0.25) is 0 Å². The normalized spacial score (nSPS) is 27.8. The number of likely N-dealkylation sites (tertiary alicyclic amines) is 1. The number of aryl methyl sites for hydroxylation is 1. The van der Waals surface area contributed by atoms with Crippen LogP contribution in [0.25, 0.3) is 0 Å². The molecule has 0 radical (unpaired) electrons. The summed E-state index contributed by atoms with van der Waals surface area (Å²) in [5, 5.41) is 3.41. The molecule has 136 valence electrons. The Morgan fingerprint density at radius 2 is 1.92 bits per heavy atom. The highest BCUT2D eigenvalue weighted by Crippen LogP contribution is 2.42. The maximum atomic E-state index is 13.0. The average Bonchev–Trinajstić information content (AvgIpc) is 2.83. The van der Waals surface area contributed by atoms with Crippen LogP contribution in [0.1, 0.15) is 62.5 Å². The largest absolute Gasteiger partial charge is 0.342 e. The first-order chi connectivity index (χ1) is 12.3. The molecule has 1 unspecified atom stereocenters. The first-order valence-electron chi connectivity index (χ1n) is 10.3. The van der Waals surface area contributed by atoms with Crippen LogP contribution in [-0.2, 0) is 16.6 Å². The summed E-state index contributed by atoms with van der Waals surface area (Å²) < 4.78 is 0. The number of benzene rings is 1. The van der Waals surface area contributed by atoms with Crippen molar-refractivity contribution in [2.24, 2.45) is 5.92 Å². The molecule has 0 saturated carbocycles. The van der Waals surface area contributed by atoms with Crippen molar-refractivity contribution in [2.45, 2.75) is 63.2 Å². The van der Waals surface area contributed by atoms with E-state index in [1.165, 1.54) is 37.7 Å². The number of rotatable bonds is 2. The molecule has 1 aliphatic carbocycles. The highest BCUT2D eigenvalue weighted by Gasteiger charge is 2.40. The Balaban J connectivity index is 1.51. The molecule has 1 spiro atoms. The summed E-state index contributed by atoms with van der Waals surface area (Å²) in [6.07, 6.45) is 10.5. The van der Waals surface area contributed by atoms with Crippen LogP contribution in [0.5, 0.6) is 0 Å². The number of amides is 1. The average molecular weight is 341 g/mol. The molecular formula is C22H32N2O. The van der Waals surface area contributed by atoms with E-state index < -0.39 is 0 Å². The lowest BCUT2D eigenvalue weighted by Crippen LogP contribution is -2.49. The predicted molar refractivity (Wildman–Crippen MR) is 102 cm³/mol. The number of carbonyl (C=O) groups is 1. The van der Waals surface area contributed by atoms with Crippen LogP contribution < -0.4 is 5.32 Å². The van der Waals surface area contributed by atoms with E-state index in [4.69, 9.17) is 0 Å². The van der Waals surface area contributed by atoms with Crippen LogP contribution >= 0.6 is 0 Å². The van der Waals surface area contributed by atoms with E-state index in [2.05, 4.69) is 34.5 Å². The van der Waals surface area contributed by atoms with Crippen molar-refractivity contribution >= 4 is 5.91 Å². The summed E-state index contributed by atoms with van der Waals surface area (Å²) in [6.45, 7) is 4.08. The monoisotopic (exact) mass is 340 g/mol. The Kier molecular flexibility index (Phi) is 5.12. The van der Waals surface area contributed by atoms with Gasteiger partial charge in [-0.05, 0) is 75.1 Å². The molecule has 1 aromatic rings. The minimum Gasteiger partial charge on any atom is -0.342 e. The van der Waals surface area contributed by atoms with Crippen molar-refractivity contribution in [2.75, 3.05) is 26.2 Å². The zero-order valence-electron chi connectivity index (χ0n) is 15.4. The fraction of sp³-hybridized carbons (Fsp3) is 0.682. The summed E-state index contributed by atoms with van der Waals surface area (Å²) in [5.74, 6) is 1.00. The van der Waals surface area contributed by atoms with Crippen molar-refractivity contribution in [3.8, 4) is 0 Å². The van der Waals surface area contributed by atoms with Gasteiger partial charge in [-0.2, -0.15) is 0 Å². The summed E-state index contributed by atoms with van der Waals surface area (Å²) in [5.41, 5.74) is 3.30. The fourth-order valence-electron chi connectivity index (χ4n) is 5.40. The third-order valence-electron chi connectivity index (χ3n) is 6.79. The number of hydrogen-bond acceptors (Lipinski definition) is 2. The highest BCUT2D eigenvalue weighted by molar-refractivity contribution is 5.76. The first kappa shape index (κ1) is 17.1. The Labute approximate surface area is 152 Å². The second-order valence-electron chi connectivity index (χ2n) is 8.46. The van der Waals surface area contributed by atoms with Gasteiger partial charge in [0.25, 0.3) is 0 Å². The van der Waals surface area contributed by atoms with Gasteiger partial charge >= 0.3 is 0 Å². The van der Waals surface area contributed by atoms with E-state index >= 15 is 0 Å². The fourth-order valence-corrected chi connectivity index (χ4v) is 5.40. The van der Waals surface area contributed by atoms with Gasteiger partial charge in [-0.15, -0.1) is 0 Å². The number of fused-ring (bicyclic) bond motifs is 2. The number of nitrogens with zero attached hydrogens (tertiary/aromatic N) is 1. The Bertz CT molecular complexity index is 608. The van der Waals surface area contributed by atoms with Gasteiger partial charge in [0.15, 0.2) is 0 Å². The molecule has 3 heteroatoms. The van der Waals surface area contributed by atoms with Crippen LogP contribution in [-0.4, -0.2) is 37.0 Å². The predicted octanol–water partition coefficient (Wildman–Crippen LogP) is 3.66. The molecule has 0 bridgehead atoms. The van der Waals surface area contributed by atoms with E-state index in [0.717, 1.165) is 51.9 Å². The van der Waals surface area contributed by atoms with Gasteiger partial charge in [0.05, 0.1) is 0 Å². The third kappa shape index (κ3) is 3.62. The smallest absolute Gasteiger partial charge is 0.222 e. The molecule has 3 aliphatic rings. The van der Waals surface area contributed by atoms with Crippen LogP contribution in [0.3, 0.4) is 0 Å². The summed E-state index contributed by atoms with van der Waals surface area (Å²) in [4.78, 5) is 15.2. The van der Waals surface area contributed by atoms with E-state index in [1.54, 1.807) is 5.56 Å². The molecule has 25 heavy (non-hydrogen) atoms. The van der Waals surface area contributed by atoms with Gasteiger partial charge in [0, 0.05) is 24.9 Å². The molecule has 4 rings (SSSR count). The Morgan fingerprint density at radius 1 is 1.12 bits per heavy atom. The lowest BCUT2D eigenvalue weighted by atomic mass is 9.70. The van der Waals surface area contributed by atoms with Gasteiger partial charge in [0.1, 0.15) is 0 Å². The lowest BCUT2D eigenvalue weighted by molar-refractivity contribution is -0.134. The molecule has 1 N–H and O–H groups in total. The second-order valence-corrected chi connectivity index (χ2v) is 8.46. The molecule has 1 atom stereocenters. The Morgan fingerprint density at radius 3 is 2.80 bits per heavy atom. The zero-order chi connectivity index (χ0) is 17.1. The summed E-state index contributed by atoms with van der Waals surface area (Å²) >= 11 is 0. The minimum atomic E-state index is 0.217. The van der Waals surface area contributed by atoms with Gasteiger partial charge in [0.2, 0.25) is 5.91 Å². The number of piperidine rings is 2. The molecule has 1 aromatic carbocycles. The maximum Gasteiger partial charge on any atom is 0.222 e. The number of carbonyl (C=O) groups excluding carboxylic acids is 1. The number of nitrogens with one attached hydrogen (secondary N) is 1. The molecule has 1 amide bonds. The van der Waals surface area contributed by atoms with E-state index in [1.807, 2.05) is 0 Å². The van der Waals surface area contributed by atoms with Crippen LogP contribution in [0.4, 0.5) is 0 Å². The Hall–Kier alpha value is -1.35. The van der Waals surface area contributed by atoms with Crippen molar-refractivity contribution < 1.29 is 4.79 Å². The zero-order valence-corrected chi connectivity index (χ0v) is 15.4. The maximum absolute atomic E-state index is 13.0. The second kappa shape index (κ2) is 7.49. The van der Waals surface area contributed by atoms with Crippen molar-refractivity contribution in [3.05, 3.63) is 35.4 Å². The van der Waals surface area contributed by atoms with Crippen molar-refractivity contribution in [1.29, 1.82) is 0 Å². The quantitative estimate of drug-likeness (QED) is 0.891. The lowest BCUT2D eigenvalue weighted by Gasteiger charge is -2.44. The summed E-state index contributed by atoms with van der Waals surface area (Å²) in [6, 6.07) is 9.04. The standard InChI is InChI=1S/C22H32N2O/c25-21(16-18-9-13-23-14-10-18)24-15-5-12-22(17-24)11-4-3-7-19-6-1-2-8-20(19)22/h1-2,6,8,18,23H,3-5,7,9-17H2. The van der Waals surface area contributed by atoms with Crippen molar-refractivity contribution in [1.82, 2.24) is 10.2 Å². The molecule has 2 heterocycles. The van der Waals surface area contributed by atoms with Gasteiger partial charge < -0.3 is 10.2 Å². The highest BCUT2D eigenvalue weighted by atomic mass is 16.2. The van der Waals surface area contributed by atoms with E-state index in [-0.39, 0.29) is 5.41 Å². The van der Waals surface area contributed by atoms with Crippen molar-refractivity contribution in [3.63, 3.8) is 0 Å². The summed E-state index contributed by atoms with van der Waals surface area (Å²) in [7, 11) is 0. The first-order valence-corrected chi connectivity index (χ1v) is 10.3. The van der Waals surface area contributed by atoms with E-state index in [9.17, 15) is 4.79 Å². The SMILES string of the molecule is O=C(CC1CCNCC1)N1CCCC2(CCCCc3ccccc32)C1. The molecule has 2 saturated heterocycles. The molecule has 0 aromatic heterocycles. The third-order valence-corrected chi connectivity index (χ3v) is 6.79. The van der Waals surface area contributed by atoms with Gasteiger partial charge in [-0.1, -0.05) is 30.7 Å². The topological polar surface area (TPSA) is 32.3 Å². The molecule has 2 aliphatic heterocycles. The molecule has 2 fully saturated rings. The molecular weight excluding hydrogens is 308 g/mol. The van der Waals surface area contributed by atoms with Gasteiger partial charge in [-0.3, -0.25) is 4.79 Å². The van der Waals surface area contributed by atoms with E-state index in [0.29, 0.717) is 11.8 Å². The van der Waals surface area contributed by atoms with Gasteiger partial charge in [-0.25, -0.2) is 0 Å². The number of hydrogen-bond donors (Lipinski definition) is 1.